The minimum Gasteiger partial charge on any atom is -0.497 e. The zero-order valence-corrected chi connectivity index (χ0v) is 22.1. The van der Waals surface area contributed by atoms with E-state index in [9.17, 15) is 4.79 Å². The first-order valence-corrected chi connectivity index (χ1v) is 11.5. The van der Waals surface area contributed by atoms with Gasteiger partial charge in [0.15, 0.2) is 5.96 Å². The Balaban J connectivity index is 0.00000363. The molecule has 1 amide bonds. The van der Waals surface area contributed by atoms with E-state index in [4.69, 9.17) is 14.5 Å². The number of benzene rings is 1. The van der Waals surface area contributed by atoms with Crippen LogP contribution in [0.1, 0.15) is 36.1 Å². The van der Waals surface area contributed by atoms with Crippen LogP contribution in [0.5, 0.6) is 11.5 Å². The van der Waals surface area contributed by atoms with Crippen molar-refractivity contribution in [2.45, 2.75) is 44.9 Å². The molecule has 0 radical (unpaired) electrons. The zero-order chi connectivity index (χ0) is 22.1. The molecule has 0 bridgehead atoms. The Morgan fingerprint density at radius 3 is 2.66 bits per heavy atom. The molecule has 2 aromatic rings. The van der Waals surface area contributed by atoms with Gasteiger partial charge in [0.25, 0.3) is 0 Å². The van der Waals surface area contributed by atoms with Gasteiger partial charge in [-0.1, -0.05) is 6.07 Å². The Kier molecular flexibility index (Phi) is 11.1. The highest BCUT2D eigenvalue weighted by Crippen LogP contribution is 2.30. The molecule has 1 heterocycles. The third kappa shape index (κ3) is 8.16. The molecule has 1 fully saturated rings. The minimum absolute atomic E-state index is 0. The number of thiophene rings is 1. The molecule has 0 unspecified atom stereocenters. The molecule has 7 nitrogen and oxygen atoms in total. The van der Waals surface area contributed by atoms with Crippen molar-refractivity contribution in [1.29, 1.82) is 0 Å². The van der Waals surface area contributed by atoms with Crippen molar-refractivity contribution in [3.8, 4) is 11.5 Å². The van der Waals surface area contributed by atoms with Gasteiger partial charge < -0.3 is 25.0 Å². The number of carbonyl (C=O) groups excluding carboxylic acids is 1. The molecule has 1 saturated carbocycles. The topological polar surface area (TPSA) is 75.2 Å². The van der Waals surface area contributed by atoms with Crippen LogP contribution in [0.4, 0.5) is 0 Å². The van der Waals surface area contributed by atoms with Crippen molar-refractivity contribution in [2.24, 2.45) is 4.99 Å². The second-order valence-corrected chi connectivity index (χ2v) is 8.77. The molecule has 3 rings (SSSR count). The van der Waals surface area contributed by atoms with E-state index in [-0.39, 0.29) is 42.5 Å². The Bertz CT molecular complexity index is 868. The number of methoxy groups -OCH3 is 1. The summed E-state index contributed by atoms with van der Waals surface area (Å²) < 4.78 is 11.7. The highest BCUT2D eigenvalue weighted by Gasteiger charge is 2.18. The average molecular weight is 573 g/mol. The monoisotopic (exact) mass is 572 g/mol. The summed E-state index contributed by atoms with van der Waals surface area (Å²) in [5.41, 5.74) is 0.990. The molecular formula is C23H33IN4O3S. The van der Waals surface area contributed by atoms with Crippen molar-refractivity contribution in [3.05, 3.63) is 46.2 Å². The molecule has 1 aromatic heterocycles. The smallest absolute Gasteiger partial charge is 0.241 e. The van der Waals surface area contributed by atoms with Gasteiger partial charge in [0.05, 0.1) is 32.8 Å². The average Bonchev–Trinajstić information content (AvgIpc) is 3.47. The van der Waals surface area contributed by atoms with Crippen molar-refractivity contribution < 1.29 is 14.3 Å². The molecule has 9 heteroatoms. The van der Waals surface area contributed by atoms with Gasteiger partial charge in [0, 0.05) is 30.6 Å². The van der Waals surface area contributed by atoms with Crippen LogP contribution in [0.25, 0.3) is 0 Å². The molecule has 0 saturated heterocycles. The van der Waals surface area contributed by atoms with Gasteiger partial charge >= 0.3 is 0 Å². The lowest BCUT2D eigenvalue weighted by Gasteiger charge is -2.18. The third-order valence-electron chi connectivity index (χ3n) is 5.19. The summed E-state index contributed by atoms with van der Waals surface area (Å²) >= 11 is 1.68. The number of hydrogen-bond donors (Lipinski definition) is 2. The van der Waals surface area contributed by atoms with Crippen LogP contribution in [0.3, 0.4) is 0 Å². The van der Waals surface area contributed by atoms with E-state index in [1.165, 1.54) is 17.7 Å². The molecule has 1 aliphatic carbocycles. The van der Waals surface area contributed by atoms with E-state index >= 15 is 0 Å². The van der Waals surface area contributed by atoms with Crippen LogP contribution < -0.4 is 20.1 Å². The summed E-state index contributed by atoms with van der Waals surface area (Å²) in [4.78, 5) is 19.5. The summed E-state index contributed by atoms with van der Waals surface area (Å²) in [7, 11) is 5.14. The van der Waals surface area contributed by atoms with E-state index in [2.05, 4.69) is 16.7 Å². The van der Waals surface area contributed by atoms with Gasteiger partial charge in [-0.3, -0.25) is 4.79 Å². The van der Waals surface area contributed by atoms with Gasteiger partial charge in [-0.25, -0.2) is 4.99 Å². The molecule has 0 spiro atoms. The van der Waals surface area contributed by atoms with E-state index in [0.717, 1.165) is 29.9 Å². The van der Waals surface area contributed by atoms with Crippen LogP contribution >= 0.6 is 35.3 Å². The lowest BCUT2D eigenvalue weighted by atomic mass is 10.2. The molecule has 0 aliphatic heterocycles. The number of rotatable bonds is 9. The molecule has 176 valence electrons. The standard InChI is InChI=1S/C23H32N4O3S.HI/c1-27(2)22(28)16-26-23(25-15-20-9-6-12-31-20)24-14-17-10-11-19(29-3)13-21(17)30-18-7-4-5-8-18;/h6,9-13,18H,4-5,7-8,14-16H2,1-3H3,(H2,24,25,26);1H. The third-order valence-corrected chi connectivity index (χ3v) is 6.07. The predicted molar refractivity (Wildman–Crippen MR) is 140 cm³/mol. The number of nitrogens with one attached hydrogen (secondary N) is 2. The van der Waals surface area contributed by atoms with Gasteiger partial charge in [0.2, 0.25) is 5.91 Å². The predicted octanol–water partition coefficient (Wildman–Crippen LogP) is 4.02. The molecule has 32 heavy (non-hydrogen) atoms. The number of amides is 1. The molecule has 1 aliphatic rings. The van der Waals surface area contributed by atoms with Gasteiger partial charge in [-0.15, -0.1) is 35.3 Å². The minimum atomic E-state index is -0.0136. The summed E-state index contributed by atoms with van der Waals surface area (Å²) in [6, 6.07) is 9.94. The highest BCUT2D eigenvalue weighted by atomic mass is 127. The maximum absolute atomic E-state index is 12.0. The number of likely N-dealkylation sites (N-methyl/N-ethyl adjacent to an activating group) is 1. The van der Waals surface area contributed by atoms with Crippen molar-refractivity contribution in [1.82, 2.24) is 15.5 Å². The molecule has 1 aromatic carbocycles. The summed E-state index contributed by atoms with van der Waals surface area (Å²) in [5, 5.41) is 8.49. The number of aliphatic imine (C=N–C) groups is 1. The fraction of sp³-hybridized carbons (Fsp3) is 0.478. The van der Waals surface area contributed by atoms with Gasteiger partial charge in [-0.05, 0) is 49.3 Å². The van der Waals surface area contributed by atoms with Crippen LogP contribution in [-0.2, 0) is 17.9 Å². The normalized spacial score (nSPS) is 13.9. The van der Waals surface area contributed by atoms with E-state index in [1.54, 1.807) is 37.4 Å². The maximum atomic E-state index is 12.0. The van der Waals surface area contributed by atoms with Crippen molar-refractivity contribution >= 4 is 47.2 Å². The van der Waals surface area contributed by atoms with E-state index in [0.29, 0.717) is 19.0 Å². The molecule has 2 N–H and O–H groups in total. The maximum Gasteiger partial charge on any atom is 0.241 e. The lowest BCUT2D eigenvalue weighted by Crippen LogP contribution is -2.42. The first kappa shape index (κ1) is 26.2. The molecule has 0 atom stereocenters. The molecular weight excluding hydrogens is 539 g/mol. The Morgan fingerprint density at radius 1 is 1.22 bits per heavy atom. The number of hydrogen-bond acceptors (Lipinski definition) is 5. The summed E-state index contributed by atoms with van der Waals surface area (Å²) in [6.07, 6.45) is 4.84. The van der Waals surface area contributed by atoms with E-state index < -0.39 is 0 Å². The van der Waals surface area contributed by atoms with Crippen LogP contribution in [0.15, 0.2) is 40.7 Å². The number of nitrogens with zero attached hydrogens (tertiary/aromatic N) is 2. The Hall–Kier alpha value is -2.01. The summed E-state index contributed by atoms with van der Waals surface area (Å²) in [5.74, 6) is 2.16. The SMILES string of the molecule is COc1ccc(CN=C(NCC(=O)N(C)C)NCc2cccs2)c(OC2CCCC2)c1.I. The van der Waals surface area contributed by atoms with Crippen molar-refractivity contribution in [2.75, 3.05) is 27.7 Å². The Labute approximate surface area is 211 Å². The number of halogens is 1. The van der Waals surface area contributed by atoms with Gasteiger partial charge in [-0.2, -0.15) is 0 Å². The lowest BCUT2D eigenvalue weighted by molar-refractivity contribution is -0.127. The fourth-order valence-electron chi connectivity index (χ4n) is 3.33. The number of guanidine groups is 1. The van der Waals surface area contributed by atoms with E-state index in [1.807, 2.05) is 29.6 Å². The highest BCUT2D eigenvalue weighted by molar-refractivity contribution is 14.0. The first-order chi connectivity index (χ1) is 15.0. The number of ether oxygens (including phenoxy) is 2. The quantitative estimate of drug-likeness (QED) is 0.270. The zero-order valence-electron chi connectivity index (χ0n) is 18.9. The van der Waals surface area contributed by atoms with Crippen LogP contribution in [0.2, 0.25) is 0 Å². The second-order valence-electron chi connectivity index (χ2n) is 7.74. The van der Waals surface area contributed by atoms with Crippen LogP contribution in [-0.4, -0.2) is 50.6 Å². The summed E-state index contributed by atoms with van der Waals surface area (Å²) in [6.45, 7) is 1.26. The largest absolute Gasteiger partial charge is 0.497 e. The van der Waals surface area contributed by atoms with Crippen molar-refractivity contribution in [3.63, 3.8) is 0 Å². The van der Waals surface area contributed by atoms with Crippen LogP contribution in [0, 0.1) is 0 Å². The Morgan fingerprint density at radius 2 is 2.00 bits per heavy atom. The first-order valence-electron chi connectivity index (χ1n) is 10.6. The number of carbonyl (C=O) groups is 1. The van der Waals surface area contributed by atoms with Gasteiger partial charge in [0.1, 0.15) is 11.5 Å². The second kappa shape index (κ2) is 13.5. The fourth-order valence-corrected chi connectivity index (χ4v) is 3.97.